The summed E-state index contributed by atoms with van der Waals surface area (Å²) in [6.07, 6.45) is 2.64. The molecule has 2 aromatic carbocycles. The van der Waals surface area contributed by atoms with E-state index < -0.39 is 5.97 Å². The van der Waals surface area contributed by atoms with Crippen molar-refractivity contribution >= 4 is 33.6 Å². The van der Waals surface area contributed by atoms with Gasteiger partial charge >= 0.3 is 5.97 Å². The summed E-state index contributed by atoms with van der Waals surface area (Å²) in [5, 5.41) is 12.0. The van der Waals surface area contributed by atoms with Crippen LogP contribution >= 0.6 is 0 Å². The number of carboxylic acids is 1. The highest BCUT2D eigenvalue weighted by atomic mass is 16.4. The molecular formula is C22H23NO4. The lowest BCUT2D eigenvalue weighted by Crippen LogP contribution is -2.40. The fourth-order valence-electron chi connectivity index (χ4n) is 4.11. The highest BCUT2D eigenvalue weighted by Crippen LogP contribution is 2.33. The molecule has 4 rings (SSSR count). The molecule has 0 aliphatic carbocycles. The molecule has 1 saturated heterocycles. The Hall–Kier alpha value is -2.82. The first-order valence-electron chi connectivity index (χ1n) is 9.46. The van der Waals surface area contributed by atoms with Crippen LogP contribution < -0.4 is 0 Å². The lowest BCUT2D eigenvalue weighted by atomic mass is 9.93. The monoisotopic (exact) mass is 365 g/mol. The van der Waals surface area contributed by atoms with Gasteiger partial charge in [0.25, 0.3) is 5.91 Å². The van der Waals surface area contributed by atoms with Gasteiger partial charge in [0, 0.05) is 35.8 Å². The van der Waals surface area contributed by atoms with Crippen molar-refractivity contribution in [2.45, 2.75) is 32.6 Å². The van der Waals surface area contributed by atoms with Crippen LogP contribution in [-0.2, 0) is 4.79 Å². The number of hydrogen-bond donors (Lipinski definition) is 1. The molecule has 2 heterocycles. The summed E-state index contributed by atoms with van der Waals surface area (Å²) >= 11 is 0. The molecular weight excluding hydrogens is 342 g/mol. The number of amides is 1. The van der Waals surface area contributed by atoms with E-state index in [0.717, 1.165) is 40.1 Å². The SMILES string of the molecule is Cc1c(C(=O)N2CCCC(CCC(=O)O)C2)oc2c1ccc1ccccc12. The number of rotatable bonds is 4. The normalized spacial score (nSPS) is 17.5. The Bertz CT molecular complexity index is 1020. The third-order valence-electron chi connectivity index (χ3n) is 5.60. The zero-order chi connectivity index (χ0) is 19.0. The summed E-state index contributed by atoms with van der Waals surface area (Å²) < 4.78 is 6.08. The maximum atomic E-state index is 13.1. The van der Waals surface area contributed by atoms with E-state index in [1.165, 1.54) is 0 Å². The van der Waals surface area contributed by atoms with E-state index in [1.54, 1.807) is 0 Å². The van der Waals surface area contributed by atoms with Crippen LogP contribution in [0.5, 0.6) is 0 Å². The topological polar surface area (TPSA) is 70.8 Å². The van der Waals surface area contributed by atoms with Gasteiger partial charge in [-0.05, 0) is 37.5 Å². The largest absolute Gasteiger partial charge is 0.481 e. The fraction of sp³-hybridized carbons (Fsp3) is 0.364. The summed E-state index contributed by atoms with van der Waals surface area (Å²) in [5.41, 5.74) is 1.63. The molecule has 5 nitrogen and oxygen atoms in total. The number of aliphatic carboxylic acids is 1. The van der Waals surface area contributed by atoms with Gasteiger partial charge in [-0.3, -0.25) is 9.59 Å². The van der Waals surface area contributed by atoms with E-state index in [1.807, 2.05) is 42.2 Å². The summed E-state index contributed by atoms with van der Waals surface area (Å²) in [4.78, 5) is 25.8. The van der Waals surface area contributed by atoms with Gasteiger partial charge in [0.15, 0.2) is 5.76 Å². The molecule has 1 unspecified atom stereocenters. The van der Waals surface area contributed by atoms with Crippen molar-refractivity contribution in [3.05, 3.63) is 47.7 Å². The first-order valence-corrected chi connectivity index (χ1v) is 9.46. The van der Waals surface area contributed by atoms with E-state index in [0.29, 0.717) is 25.3 Å². The molecule has 1 aliphatic heterocycles. The van der Waals surface area contributed by atoms with Crippen LogP contribution in [0.3, 0.4) is 0 Å². The number of piperidine rings is 1. The Balaban J connectivity index is 1.63. The van der Waals surface area contributed by atoms with Crippen molar-refractivity contribution in [3.63, 3.8) is 0 Å². The lowest BCUT2D eigenvalue weighted by molar-refractivity contribution is -0.137. The van der Waals surface area contributed by atoms with Crippen molar-refractivity contribution in [2.75, 3.05) is 13.1 Å². The molecule has 5 heteroatoms. The Morgan fingerprint density at radius 2 is 2.00 bits per heavy atom. The minimum absolute atomic E-state index is 0.0900. The Morgan fingerprint density at radius 3 is 2.81 bits per heavy atom. The second-order valence-corrected chi connectivity index (χ2v) is 7.41. The van der Waals surface area contributed by atoms with Crippen LogP contribution in [-0.4, -0.2) is 35.0 Å². The standard InChI is InChI=1S/C22H23NO4/c1-14-17-10-9-16-6-2-3-7-18(16)21(17)27-20(14)22(26)23-12-4-5-15(13-23)8-11-19(24)25/h2-3,6-7,9-10,15H,4-5,8,11-13H2,1H3,(H,24,25). The zero-order valence-electron chi connectivity index (χ0n) is 15.4. The minimum Gasteiger partial charge on any atom is -0.481 e. The molecule has 1 N–H and O–H groups in total. The van der Waals surface area contributed by atoms with Crippen molar-refractivity contribution in [2.24, 2.45) is 5.92 Å². The van der Waals surface area contributed by atoms with Crippen molar-refractivity contribution in [1.82, 2.24) is 4.90 Å². The van der Waals surface area contributed by atoms with Crippen LogP contribution in [0.2, 0.25) is 0 Å². The number of carbonyl (C=O) groups is 2. The first kappa shape index (κ1) is 17.6. The van der Waals surface area contributed by atoms with E-state index in [4.69, 9.17) is 9.52 Å². The van der Waals surface area contributed by atoms with Crippen LogP contribution in [0, 0.1) is 12.8 Å². The molecule has 0 bridgehead atoms. The van der Waals surface area contributed by atoms with E-state index in [9.17, 15) is 9.59 Å². The number of fused-ring (bicyclic) bond motifs is 3. The van der Waals surface area contributed by atoms with Gasteiger partial charge in [-0.2, -0.15) is 0 Å². The number of likely N-dealkylation sites (tertiary alicyclic amines) is 1. The zero-order valence-corrected chi connectivity index (χ0v) is 15.4. The van der Waals surface area contributed by atoms with Crippen molar-refractivity contribution in [1.29, 1.82) is 0 Å². The van der Waals surface area contributed by atoms with Gasteiger partial charge in [-0.15, -0.1) is 0 Å². The first-order chi connectivity index (χ1) is 13.0. The predicted octanol–water partition coefficient (Wildman–Crippen LogP) is 4.61. The molecule has 1 atom stereocenters. The van der Waals surface area contributed by atoms with Crippen molar-refractivity contribution < 1.29 is 19.1 Å². The predicted molar refractivity (Wildman–Crippen MR) is 104 cm³/mol. The quantitative estimate of drug-likeness (QED) is 0.733. The molecule has 1 aromatic heterocycles. The Kier molecular flexibility index (Phi) is 4.60. The van der Waals surface area contributed by atoms with Crippen LogP contribution in [0.1, 0.15) is 41.8 Å². The van der Waals surface area contributed by atoms with E-state index >= 15 is 0 Å². The Morgan fingerprint density at radius 1 is 1.19 bits per heavy atom. The summed E-state index contributed by atoms with van der Waals surface area (Å²) in [6, 6.07) is 12.1. The summed E-state index contributed by atoms with van der Waals surface area (Å²) in [5.74, 6) is -0.226. The molecule has 140 valence electrons. The maximum Gasteiger partial charge on any atom is 0.303 e. The average molecular weight is 365 g/mol. The van der Waals surface area contributed by atoms with Crippen LogP contribution in [0.15, 0.2) is 40.8 Å². The van der Waals surface area contributed by atoms with Crippen LogP contribution in [0.25, 0.3) is 21.7 Å². The maximum absolute atomic E-state index is 13.1. The second-order valence-electron chi connectivity index (χ2n) is 7.41. The number of benzene rings is 2. The van der Waals surface area contributed by atoms with E-state index in [2.05, 4.69) is 6.07 Å². The third kappa shape index (κ3) is 3.29. The third-order valence-corrected chi connectivity index (χ3v) is 5.60. The molecule has 1 aliphatic rings. The molecule has 3 aromatic rings. The van der Waals surface area contributed by atoms with Gasteiger partial charge < -0.3 is 14.4 Å². The van der Waals surface area contributed by atoms with Crippen LogP contribution in [0.4, 0.5) is 0 Å². The van der Waals surface area contributed by atoms with Gasteiger partial charge in [-0.1, -0.05) is 36.4 Å². The number of carboxylic acid groups (broad SMARTS) is 1. The molecule has 0 saturated carbocycles. The van der Waals surface area contributed by atoms with Crippen molar-refractivity contribution in [3.8, 4) is 0 Å². The summed E-state index contributed by atoms with van der Waals surface area (Å²) in [6.45, 7) is 3.22. The smallest absolute Gasteiger partial charge is 0.303 e. The molecule has 1 amide bonds. The number of aryl methyl sites for hydroxylation is 1. The molecule has 0 radical (unpaired) electrons. The second kappa shape index (κ2) is 7.06. The molecule has 0 spiro atoms. The number of carbonyl (C=O) groups excluding carboxylic acids is 1. The number of furan rings is 1. The fourth-order valence-corrected chi connectivity index (χ4v) is 4.11. The molecule has 27 heavy (non-hydrogen) atoms. The lowest BCUT2D eigenvalue weighted by Gasteiger charge is -2.32. The van der Waals surface area contributed by atoms with Gasteiger partial charge in [0.05, 0.1) is 0 Å². The van der Waals surface area contributed by atoms with Gasteiger partial charge in [0.1, 0.15) is 5.58 Å². The molecule has 1 fully saturated rings. The number of hydrogen-bond acceptors (Lipinski definition) is 3. The van der Waals surface area contributed by atoms with Gasteiger partial charge in [0.2, 0.25) is 0 Å². The minimum atomic E-state index is -0.779. The van der Waals surface area contributed by atoms with E-state index in [-0.39, 0.29) is 18.2 Å². The van der Waals surface area contributed by atoms with Gasteiger partial charge in [-0.25, -0.2) is 0 Å². The number of nitrogens with zero attached hydrogens (tertiary/aromatic N) is 1. The highest BCUT2D eigenvalue weighted by molar-refractivity contribution is 6.08. The Labute approximate surface area is 157 Å². The highest BCUT2D eigenvalue weighted by Gasteiger charge is 2.28. The average Bonchev–Trinajstić information content (AvgIpc) is 3.03. The summed E-state index contributed by atoms with van der Waals surface area (Å²) in [7, 11) is 0.